The monoisotopic (exact) mass is 487 g/mol. The largest absolute Gasteiger partial charge is 0.356 e. The van der Waals surface area contributed by atoms with Crippen LogP contribution < -0.4 is 5.32 Å². The highest BCUT2D eigenvalue weighted by Gasteiger charge is 2.21. The second kappa shape index (κ2) is 9.19. The molecular formula is C26H23F2N7O. The summed E-state index contributed by atoms with van der Waals surface area (Å²) in [6.45, 7) is 2.56. The van der Waals surface area contributed by atoms with Gasteiger partial charge in [-0.2, -0.15) is 5.10 Å². The maximum atomic E-state index is 13.6. The van der Waals surface area contributed by atoms with Crippen LogP contribution in [-0.2, 0) is 4.74 Å². The van der Waals surface area contributed by atoms with E-state index in [0.717, 1.165) is 65.1 Å². The number of nitrogens with one attached hydrogen (secondary N) is 1. The minimum atomic E-state index is -0.885. The molecular weight excluding hydrogens is 464 g/mol. The van der Waals surface area contributed by atoms with Crippen molar-refractivity contribution < 1.29 is 13.5 Å². The molecule has 0 amide bonds. The van der Waals surface area contributed by atoms with Gasteiger partial charge in [-0.05, 0) is 56.0 Å². The molecule has 0 bridgehead atoms. The first-order valence-electron chi connectivity index (χ1n) is 11.9. The zero-order valence-corrected chi connectivity index (χ0v) is 19.5. The number of ether oxygens (including phenoxy) is 1. The van der Waals surface area contributed by atoms with Crippen LogP contribution in [0.3, 0.4) is 0 Å². The highest BCUT2D eigenvalue weighted by Crippen LogP contribution is 2.31. The van der Waals surface area contributed by atoms with Gasteiger partial charge in [0.2, 0.25) is 5.95 Å². The first-order valence-corrected chi connectivity index (χ1v) is 11.9. The SMILES string of the molecule is C[C@@H](Nc1ncc2cc(-c3ncnc4c3cnn4C3CCCCO3)ccc2n1)c1ccc(F)c(F)c1. The highest BCUT2D eigenvalue weighted by atomic mass is 19.2. The van der Waals surface area contributed by atoms with Crippen molar-refractivity contribution in [2.75, 3.05) is 11.9 Å². The summed E-state index contributed by atoms with van der Waals surface area (Å²) in [7, 11) is 0. The molecule has 0 saturated carbocycles. The first kappa shape index (κ1) is 22.4. The van der Waals surface area contributed by atoms with Crippen LogP contribution in [0.25, 0.3) is 33.2 Å². The molecule has 182 valence electrons. The lowest BCUT2D eigenvalue weighted by atomic mass is 10.1. The van der Waals surface area contributed by atoms with Crippen LogP contribution in [0.4, 0.5) is 14.7 Å². The molecule has 5 aromatic rings. The van der Waals surface area contributed by atoms with E-state index in [4.69, 9.17) is 4.74 Å². The standard InChI is InChI=1S/C26H23F2N7O/c1-15(16-5-7-20(27)21(28)11-16)33-26-29-12-18-10-17(6-8-22(18)34-26)24-19-13-32-35(25(19)31-14-30-24)23-4-2-3-9-36-23/h5-8,10-15,23H,2-4,9H2,1H3,(H,29,33,34)/t15-,23?/m1/s1. The van der Waals surface area contributed by atoms with Gasteiger partial charge >= 0.3 is 0 Å². The Hall–Kier alpha value is -4.05. The third kappa shape index (κ3) is 4.13. The zero-order valence-electron chi connectivity index (χ0n) is 19.5. The van der Waals surface area contributed by atoms with E-state index in [2.05, 4.69) is 30.4 Å². The van der Waals surface area contributed by atoms with Crippen molar-refractivity contribution in [1.82, 2.24) is 29.7 Å². The third-order valence-corrected chi connectivity index (χ3v) is 6.46. The molecule has 0 spiro atoms. The van der Waals surface area contributed by atoms with Gasteiger partial charge in [0, 0.05) is 23.8 Å². The van der Waals surface area contributed by atoms with Crippen LogP contribution in [0.2, 0.25) is 0 Å². The average molecular weight is 488 g/mol. The van der Waals surface area contributed by atoms with E-state index in [1.165, 1.54) is 12.1 Å². The van der Waals surface area contributed by atoms with E-state index in [1.54, 1.807) is 18.7 Å². The fourth-order valence-corrected chi connectivity index (χ4v) is 4.53. The molecule has 4 heterocycles. The number of benzene rings is 2. The maximum Gasteiger partial charge on any atom is 0.223 e. The number of anilines is 1. The number of aromatic nitrogens is 6. The smallest absolute Gasteiger partial charge is 0.223 e. The molecule has 6 rings (SSSR count). The molecule has 1 fully saturated rings. The Morgan fingerprint density at radius 1 is 1.03 bits per heavy atom. The van der Waals surface area contributed by atoms with E-state index in [9.17, 15) is 8.78 Å². The van der Waals surface area contributed by atoms with Gasteiger partial charge in [-0.25, -0.2) is 33.4 Å². The Kier molecular flexibility index (Phi) is 5.73. The van der Waals surface area contributed by atoms with E-state index >= 15 is 0 Å². The molecule has 1 aliphatic rings. The molecule has 3 aromatic heterocycles. The number of hydrogen-bond acceptors (Lipinski definition) is 7. The lowest BCUT2D eigenvalue weighted by Crippen LogP contribution is -2.19. The second-order valence-corrected chi connectivity index (χ2v) is 8.88. The fraction of sp³-hybridized carbons (Fsp3) is 0.269. The van der Waals surface area contributed by atoms with Gasteiger partial charge in [0.15, 0.2) is 23.5 Å². The molecule has 36 heavy (non-hydrogen) atoms. The summed E-state index contributed by atoms with van der Waals surface area (Å²) in [4.78, 5) is 18.0. The molecule has 2 atom stereocenters. The van der Waals surface area contributed by atoms with Gasteiger partial charge < -0.3 is 10.1 Å². The molecule has 10 heteroatoms. The van der Waals surface area contributed by atoms with Crippen LogP contribution >= 0.6 is 0 Å². The lowest BCUT2D eigenvalue weighted by Gasteiger charge is -2.22. The van der Waals surface area contributed by atoms with E-state index in [-0.39, 0.29) is 12.3 Å². The van der Waals surface area contributed by atoms with Crippen molar-refractivity contribution in [2.24, 2.45) is 0 Å². The number of rotatable bonds is 5. The molecule has 1 saturated heterocycles. The minimum absolute atomic E-state index is 0.108. The molecule has 1 unspecified atom stereocenters. The maximum absolute atomic E-state index is 13.6. The van der Waals surface area contributed by atoms with E-state index in [1.807, 2.05) is 29.8 Å². The Bertz CT molecular complexity index is 1570. The van der Waals surface area contributed by atoms with Crippen LogP contribution in [0.15, 0.2) is 55.1 Å². The second-order valence-electron chi connectivity index (χ2n) is 8.88. The summed E-state index contributed by atoms with van der Waals surface area (Å²) in [5, 5.41) is 9.39. The van der Waals surface area contributed by atoms with Crippen molar-refractivity contribution >= 4 is 27.9 Å². The van der Waals surface area contributed by atoms with Gasteiger partial charge in [0.1, 0.15) is 6.33 Å². The van der Waals surface area contributed by atoms with Gasteiger partial charge in [-0.1, -0.05) is 12.1 Å². The normalized spacial score (nSPS) is 16.9. The molecule has 2 aromatic carbocycles. The summed E-state index contributed by atoms with van der Waals surface area (Å²) in [5.74, 6) is -1.37. The molecule has 0 aliphatic carbocycles. The predicted octanol–water partition coefficient (Wildman–Crippen LogP) is 5.59. The summed E-state index contributed by atoms with van der Waals surface area (Å²) in [6, 6.07) is 9.35. The highest BCUT2D eigenvalue weighted by molar-refractivity contribution is 5.93. The predicted molar refractivity (Wildman–Crippen MR) is 131 cm³/mol. The molecule has 1 N–H and O–H groups in total. The van der Waals surface area contributed by atoms with Crippen molar-refractivity contribution in [3.8, 4) is 11.3 Å². The molecule has 1 aliphatic heterocycles. The summed E-state index contributed by atoms with van der Waals surface area (Å²) < 4.78 is 34.6. The Balaban J connectivity index is 1.28. The summed E-state index contributed by atoms with van der Waals surface area (Å²) in [5.41, 5.74) is 3.76. The first-order chi connectivity index (χ1) is 17.6. The van der Waals surface area contributed by atoms with Gasteiger partial charge in [0.25, 0.3) is 0 Å². The fourth-order valence-electron chi connectivity index (χ4n) is 4.53. The lowest BCUT2D eigenvalue weighted by molar-refractivity contribution is -0.0370. The van der Waals surface area contributed by atoms with E-state index in [0.29, 0.717) is 11.5 Å². The van der Waals surface area contributed by atoms with Crippen molar-refractivity contribution in [1.29, 1.82) is 0 Å². The Morgan fingerprint density at radius 2 is 1.94 bits per heavy atom. The van der Waals surface area contributed by atoms with Crippen LogP contribution in [0, 0.1) is 11.6 Å². The quantitative estimate of drug-likeness (QED) is 0.346. The third-order valence-electron chi connectivity index (χ3n) is 6.46. The zero-order chi connectivity index (χ0) is 24.6. The van der Waals surface area contributed by atoms with E-state index < -0.39 is 11.6 Å². The minimum Gasteiger partial charge on any atom is -0.356 e. The Morgan fingerprint density at radius 3 is 2.78 bits per heavy atom. The summed E-state index contributed by atoms with van der Waals surface area (Å²) in [6.07, 6.45) is 8.03. The van der Waals surface area contributed by atoms with Crippen molar-refractivity contribution in [3.05, 3.63) is 72.3 Å². The van der Waals surface area contributed by atoms with Gasteiger partial charge in [0.05, 0.1) is 28.8 Å². The van der Waals surface area contributed by atoms with Crippen LogP contribution in [0.1, 0.15) is 44.0 Å². The van der Waals surface area contributed by atoms with Crippen molar-refractivity contribution in [3.63, 3.8) is 0 Å². The number of halogens is 2. The van der Waals surface area contributed by atoms with Gasteiger partial charge in [-0.3, -0.25) is 0 Å². The average Bonchev–Trinajstić information content (AvgIpc) is 3.35. The summed E-state index contributed by atoms with van der Waals surface area (Å²) >= 11 is 0. The van der Waals surface area contributed by atoms with Crippen molar-refractivity contribution in [2.45, 2.75) is 38.5 Å². The number of nitrogens with zero attached hydrogens (tertiary/aromatic N) is 6. The van der Waals surface area contributed by atoms with Crippen LogP contribution in [0.5, 0.6) is 0 Å². The van der Waals surface area contributed by atoms with Gasteiger partial charge in [-0.15, -0.1) is 0 Å². The molecule has 8 nitrogen and oxygen atoms in total. The Labute approximate surface area is 205 Å². The number of fused-ring (bicyclic) bond motifs is 2. The topological polar surface area (TPSA) is 90.6 Å². The molecule has 0 radical (unpaired) electrons. The van der Waals surface area contributed by atoms with Crippen LogP contribution in [-0.4, -0.2) is 36.3 Å². The number of hydrogen-bond donors (Lipinski definition) is 1.